The highest BCUT2D eigenvalue weighted by molar-refractivity contribution is 6.31. The monoisotopic (exact) mass is 322 g/mol. The van der Waals surface area contributed by atoms with E-state index in [0.29, 0.717) is 17.3 Å². The summed E-state index contributed by atoms with van der Waals surface area (Å²) >= 11 is 11.9. The third-order valence-corrected chi connectivity index (χ3v) is 3.84. The van der Waals surface area contributed by atoms with Crippen LogP contribution in [0.2, 0.25) is 5.02 Å². The summed E-state index contributed by atoms with van der Waals surface area (Å²) in [7, 11) is 0. The van der Waals surface area contributed by atoms with Gasteiger partial charge in [-0.25, -0.2) is 9.37 Å². The van der Waals surface area contributed by atoms with Crippen LogP contribution in [0.5, 0.6) is 0 Å². The van der Waals surface area contributed by atoms with Crippen molar-refractivity contribution in [1.82, 2.24) is 9.55 Å². The lowest BCUT2D eigenvalue weighted by molar-refractivity contribution is 0.626. The third-order valence-electron chi connectivity index (χ3n) is 3.42. The molecule has 0 aliphatic rings. The second-order valence-electron chi connectivity index (χ2n) is 4.87. The lowest BCUT2D eigenvalue weighted by atomic mass is 10.2. The van der Waals surface area contributed by atoms with Gasteiger partial charge in [0.2, 0.25) is 0 Å². The Balaban J connectivity index is 2.33. The van der Waals surface area contributed by atoms with Crippen LogP contribution in [0.25, 0.3) is 16.7 Å². The number of benzene rings is 2. The topological polar surface area (TPSA) is 17.8 Å². The zero-order chi connectivity index (χ0) is 15.0. The first-order chi connectivity index (χ1) is 10.1. The van der Waals surface area contributed by atoms with Crippen LogP contribution in [0.4, 0.5) is 4.39 Å². The van der Waals surface area contributed by atoms with Crippen LogP contribution in [0.15, 0.2) is 36.4 Å². The van der Waals surface area contributed by atoms with Gasteiger partial charge in [0, 0.05) is 17.3 Å². The van der Waals surface area contributed by atoms with E-state index in [4.69, 9.17) is 23.2 Å². The number of alkyl halides is 1. The van der Waals surface area contributed by atoms with E-state index in [2.05, 4.69) is 4.98 Å². The highest BCUT2D eigenvalue weighted by Crippen LogP contribution is 2.27. The minimum absolute atomic E-state index is 0.275. The normalized spacial score (nSPS) is 11.2. The van der Waals surface area contributed by atoms with Gasteiger partial charge in [-0.3, -0.25) is 4.57 Å². The van der Waals surface area contributed by atoms with Crippen LogP contribution in [-0.2, 0) is 6.42 Å². The van der Waals surface area contributed by atoms with Crippen LogP contribution < -0.4 is 0 Å². The largest absolute Gasteiger partial charge is 0.296 e. The average molecular weight is 323 g/mol. The van der Waals surface area contributed by atoms with Gasteiger partial charge in [0.25, 0.3) is 0 Å². The fraction of sp³-hybridized carbons (Fsp3) is 0.188. The molecule has 0 amide bonds. The molecule has 108 valence electrons. The first-order valence-electron chi connectivity index (χ1n) is 6.59. The molecule has 1 aromatic heterocycles. The number of aryl methyl sites for hydroxylation is 2. The maximum Gasteiger partial charge on any atom is 0.125 e. The second kappa shape index (κ2) is 5.66. The quantitative estimate of drug-likeness (QED) is 0.626. The average Bonchev–Trinajstić information content (AvgIpc) is 2.79. The predicted octanol–water partition coefficient (Wildman–Crippen LogP) is 4.91. The Labute approximate surface area is 132 Å². The van der Waals surface area contributed by atoms with Gasteiger partial charge < -0.3 is 0 Å². The minimum Gasteiger partial charge on any atom is -0.296 e. The summed E-state index contributed by atoms with van der Waals surface area (Å²) in [4.78, 5) is 4.58. The standard InChI is InChI=1S/C16H13Cl2FN2/c1-10-2-4-12(19)9-15(10)21-14-5-3-11(18)8-13(14)20-16(21)6-7-17/h2-5,8-9H,6-7H2,1H3. The molecule has 2 nitrogen and oxygen atoms in total. The van der Waals surface area contributed by atoms with E-state index in [0.717, 1.165) is 28.1 Å². The molecular weight excluding hydrogens is 310 g/mol. The Kier molecular flexibility index (Phi) is 3.87. The van der Waals surface area contributed by atoms with E-state index in [1.807, 2.05) is 17.6 Å². The van der Waals surface area contributed by atoms with E-state index >= 15 is 0 Å². The van der Waals surface area contributed by atoms with Crippen molar-refractivity contribution >= 4 is 34.2 Å². The molecule has 0 spiro atoms. The molecule has 0 aliphatic heterocycles. The zero-order valence-electron chi connectivity index (χ0n) is 11.4. The molecule has 0 aliphatic carbocycles. The fourth-order valence-electron chi connectivity index (χ4n) is 2.45. The number of fused-ring (bicyclic) bond motifs is 1. The van der Waals surface area contributed by atoms with Crippen LogP contribution in [0.3, 0.4) is 0 Å². The molecule has 3 aromatic rings. The van der Waals surface area contributed by atoms with Crippen LogP contribution in [0.1, 0.15) is 11.4 Å². The lowest BCUT2D eigenvalue weighted by Gasteiger charge is -2.12. The van der Waals surface area contributed by atoms with E-state index in [1.165, 1.54) is 12.1 Å². The van der Waals surface area contributed by atoms with Gasteiger partial charge in [-0.05, 0) is 42.8 Å². The van der Waals surface area contributed by atoms with Crippen LogP contribution >= 0.6 is 23.2 Å². The summed E-state index contributed by atoms with van der Waals surface area (Å²) in [6, 6.07) is 10.2. The summed E-state index contributed by atoms with van der Waals surface area (Å²) in [5, 5.41) is 0.625. The Morgan fingerprint density at radius 1 is 1.19 bits per heavy atom. The van der Waals surface area contributed by atoms with Gasteiger partial charge in [0.15, 0.2) is 0 Å². The highest BCUT2D eigenvalue weighted by atomic mass is 35.5. The fourth-order valence-corrected chi connectivity index (χ4v) is 2.78. The van der Waals surface area contributed by atoms with Crippen molar-refractivity contribution in [3.63, 3.8) is 0 Å². The number of hydrogen-bond acceptors (Lipinski definition) is 1. The molecule has 0 radical (unpaired) electrons. The van der Waals surface area contributed by atoms with Gasteiger partial charge in [0.1, 0.15) is 11.6 Å². The van der Waals surface area contributed by atoms with Gasteiger partial charge in [-0.15, -0.1) is 11.6 Å². The molecule has 0 N–H and O–H groups in total. The lowest BCUT2D eigenvalue weighted by Crippen LogP contribution is -2.04. The Hall–Kier alpha value is -1.58. The van der Waals surface area contributed by atoms with Gasteiger partial charge in [0.05, 0.1) is 16.7 Å². The Morgan fingerprint density at radius 2 is 2.00 bits per heavy atom. The molecule has 0 atom stereocenters. The number of halogens is 3. The molecule has 2 aromatic carbocycles. The highest BCUT2D eigenvalue weighted by Gasteiger charge is 2.14. The van der Waals surface area contributed by atoms with E-state index in [-0.39, 0.29) is 5.82 Å². The predicted molar refractivity (Wildman–Crippen MR) is 85.2 cm³/mol. The SMILES string of the molecule is Cc1ccc(F)cc1-n1c(CCCl)nc2cc(Cl)ccc21. The van der Waals surface area contributed by atoms with E-state index in [1.54, 1.807) is 18.2 Å². The molecule has 3 rings (SSSR count). The van der Waals surface area contributed by atoms with Gasteiger partial charge >= 0.3 is 0 Å². The second-order valence-corrected chi connectivity index (χ2v) is 5.68. The molecular formula is C16H13Cl2FN2. The van der Waals surface area contributed by atoms with Gasteiger partial charge in [-0.2, -0.15) is 0 Å². The Bertz CT molecular complexity index is 811. The van der Waals surface area contributed by atoms with Gasteiger partial charge in [-0.1, -0.05) is 17.7 Å². The van der Waals surface area contributed by atoms with Crippen LogP contribution in [0, 0.1) is 12.7 Å². The van der Waals surface area contributed by atoms with E-state index in [9.17, 15) is 4.39 Å². The van der Waals surface area contributed by atoms with Crippen LogP contribution in [-0.4, -0.2) is 15.4 Å². The molecule has 21 heavy (non-hydrogen) atoms. The maximum absolute atomic E-state index is 13.6. The molecule has 0 saturated heterocycles. The van der Waals surface area contributed by atoms with Crippen molar-refractivity contribution < 1.29 is 4.39 Å². The Morgan fingerprint density at radius 3 is 2.76 bits per heavy atom. The summed E-state index contributed by atoms with van der Waals surface area (Å²) < 4.78 is 15.6. The molecule has 0 saturated carbocycles. The first-order valence-corrected chi connectivity index (χ1v) is 7.51. The number of aromatic nitrogens is 2. The molecule has 0 unspecified atom stereocenters. The summed E-state index contributed by atoms with van der Waals surface area (Å²) in [5.74, 6) is 0.977. The summed E-state index contributed by atoms with van der Waals surface area (Å²) in [6.45, 7) is 1.95. The smallest absolute Gasteiger partial charge is 0.125 e. The molecule has 0 fully saturated rings. The van der Waals surface area contributed by atoms with Crippen molar-refractivity contribution in [2.75, 3.05) is 5.88 Å². The number of hydrogen-bond donors (Lipinski definition) is 0. The first kappa shape index (κ1) is 14.4. The summed E-state index contributed by atoms with van der Waals surface area (Å²) in [5.41, 5.74) is 3.43. The number of nitrogens with zero attached hydrogens (tertiary/aromatic N) is 2. The molecule has 1 heterocycles. The van der Waals surface area contributed by atoms with Crippen molar-refractivity contribution in [1.29, 1.82) is 0 Å². The van der Waals surface area contributed by atoms with Crippen molar-refractivity contribution in [3.8, 4) is 5.69 Å². The molecule has 5 heteroatoms. The molecule has 0 bridgehead atoms. The third kappa shape index (κ3) is 2.63. The van der Waals surface area contributed by atoms with Crippen molar-refractivity contribution in [2.45, 2.75) is 13.3 Å². The summed E-state index contributed by atoms with van der Waals surface area (Å²) in [6.07, 6.45) is 0.601. The van der Waals surface area contributed by atoms with E-state index < -0.39 is 0 Å². The maximum atomic E-state index is 13.6. The van der Waals surface area contributed by atoms with Crippen molar-refractivity contribution in [2.24, 2.45) is 0 Å². The minimum atomic E-state index is -0.275. The number of imidazole rings is 1. The number of rotatable bonds is 3. The van der Waals surface area contributed by atoms with Crippen molar-refractivity contribution in [3.05, 3.63) is 58.6 Å². The zero-order valence-corrected chi connectivity index (χ0v) is 12.9.